The lowest BCUT2D eigenvalue weighted by Crippen LogP contribution is -2.56. The molecular formula is C27H29F3N8O5. The maximum absolute atomic E-state index is 13.8. The second-order valence-corrected chi connectivity index (χ2v) is 10.1. The molecule has 0 spiro atoms. The molecule has 0 radical (unpaired) electrons. The van der Waals surface area contributed by atoms with E-state index in [1.54, 1.807) is 20.0 Å². The van der Waals surface area contributed by atoms with Gasteiger partial charge in [0.2, 0.25) is 5.72 Å². The number of halogens is 3. The molecule has 16 heteroatoms. The van der Waals surface area contributed by atoms with Crippen LogP contribution in [0.5, 0.6) is 0 Å². The highest BCUT2D eigenvalue weighted by Crippen LogP contribution is 2.40. The lowest BCUT2D eigenvalue weighted by molar-refractivity contribution is -0.216. The Labute approximate surface area is 243 Å². The third kappa shape index (κ3) is 5.87. The zero-order chi connectivity index (χ0) is 30.8. The Morgan fingerprint density at radius 2 is 1.86 bits per heavy atom. The first-order chi connectivity index (χ1) is 20.5. The van der Waals surface area contributed by atoms with Crippen molar-refractivity contribution in [1.82, 2.24) is 34.7 Å². The van der Waals surface area contributed by atoms with Gasteiger partial charge in [-0.05, 0) is 11.6 Å². The van der Waals surface area contributed by atoms with Crippen LogP contribution in [0.3, 0.4) is 0 Å². The molecular weight excluding hydrogens is 573 g/mol. The molecule has 1 N–H and O–H groups in total. The molecule has 1 aliphatic heterocycles. The first-order valence-electron chi connectivity index (χ1n) is 13.3. The van der Waals surface area contributed by atoms with Crippen LogP contribution in [0.25, 0.3) is 28.2 Å². The fourth-order valence-electron chi connectivity index (χ4n) is 4.80. The number of urea groups is 1. The van der Waals surface area contributed by atoms with E-state index in [4.69, 9.17) is 14.2 Å². The van der Waals surface area contributed by atoms with E-state index >= 15 is 0 Å². The normalized spacial score (nSPS) is 17.4. The molecule has 0 unspecified atom stereocenters. The summed E-state index contributed by atoms with van der Waals surface area (Å²) in [6.45, 7) is 3.54. The van der Waals surface area contributed by atoms with Crippen LogP contribution >= 0.6 is 0 Å². The fraction of sp³-hybridized carbons (Fsp3) is 0.407. The molecule has 0 aliphatic carbocycles. The van der Waals surface area contributed by atoms with E-state index in [2.05, 4.69) is 25.3 Å². The summed E-state index contributed by atoms with van der Waals surface area (Å²) in [6, 6.07) is 8.08. The largest absolute Gasteiger partial charge is 0.491 e. The summed E-state index contributed by atoms with van der Waals surface area (Å²) in [6.07, 6.45) is -0.756. The number of alkyl halides is 3. The van der Waals surface area contributed by atoms with Crippen molar-refractivity contribution in [3.8, 4) is 22.5 Å². The van der Waals surface area contributed by atoms with Crippen molar-refractivity contribution < 1.29 is 37.0 Å². The number of aromatic nitrogens is 6. The zero-order valence-corrected chi connectivity index (χ0v) is 23.5. The van der Waals surface area contributed by atoms with Crippen molar-refractivity contribution in [3.63, 3.8) is 0 Å². The van der Waals surface area contributed by atoms with Gasteiger partial charge in [-0.2, -0.15) is 23.4 Å². The highest BCUT2D eigenvalue weighted by atomic mass is 19.4. The molecule has 5 rings (SSSR count). The molecule has 3 aromatic heterocycles. The first-order valence-corrected chi connectivity index (χ1v) is 13.3. The van der Waals surface area contributed by atoms with Crippen molar-refractivity contribution in [2.75, 3.05) is 44.9 Å². The Bertz CT molecular complexity index is 1580. The SMILES string of the molecule is COCCOCCN1C[C@@](OC(=O)C(F)(F)F)(C(C)C)N(c2ccn3ncc(-c4ccc(-c5ncn[nH]5)cc4)c3n2)C1=O. The number of carbonyl (C=O) groups excluding carboxylic acids is 2. The summed E-state index contributed by atoms with van der Waals surface area (Å²) in [5.74, 6) is -2.58. The van der Waals surface area contributed by atoms with E-state index < -0.39 is 29.8 Å². The predicted octanol–water partition coefficient (Wildman–Crippen LogP) is 3.54. The van der Waals surface area contributed by atoms with Gasteiger partial charge in [-0.1, -0.05) is 38.1 Å². The summed E-state index contributed by atoms with van der Waals surface area (Å²) >= 11 is 0. The van der Waals surface area contributed by atoms with Crippen molar-refractivity contribution in [1.29, 1.82) is 0 Å². The number of anilines is 1. The van der Waals surface area contributed by atoms with Gasteiger partial charge in [0.05, 0.1) is 32.6 Å². The van der Waals surface area contributed by atoms with Gasteiger partial charge in [0, 0.05) is 36.9 Å². The monoisotopic (exact) mass is 602 g/mol. The Hall–Kier alpha value is -4.57. The number of nitrogens with one attached hydrogen (secondary N) is 1. The Balaban J connectivity index is 1.52. The van der Waals surface area contributed by atoms with Crippen molar-refractivity contribution in [2.45, 2.75) is 25.7 Å². The lowest BCUT2D eigenvalue weighted by Gasteiger charge is -2.38. The molecule has 0 bridgehead atoms. The highest BCUT2D eigenvalue weighted by Gasteiger charge is 2.59. The molecule has 4 aromatic rings. The van der Waals surface area contributed by atoms with Crippen molar-refractivity contribution in [3.05, 3.63) is 49.1 Å². The third-order valence-electron chi connectivity index (χ3n) is 7.07. The number of carbonyl (C=O) groups is 2. The van der Waals surface area contributed by atoms with Gasteiger partial charge >= 0.3 is 18.2 Å². The van der Waals surface area contributed by atoms with Crippen LogP contribution in [0.1, 0.15) is 13.8 Å². The number of benzene rings is 1. The lowest BCUT2D eigenvalue weighted by atomic mass is 9.98. The maximum atomic E-state index is 13.8. The van der Waals surface area contributed by atoms with Gasteiger partial charge in [0.1, 0.15) is 12.1 Å². The average molecular weight is 603 g/mol. The molecule has 13 nitrogen and oxygen atoms in total. The minimum atomic E-state index is -5.28. The molecule has 2 amide bonds. The highest BCUT2D eigenvalue weighted by molar-refractivity contribution is 5.96. The van der Waals surface area contributed by atoms with Crippen LogP contribution in [0.2, 0.25) is 0 Å². The van der Waals surface area contributed by atoms with E-state index in [0.29, 0.717) is 23.6 Å². The minimum Gasteiger partial charge on any atom is -0.429 e. The molecule has 43 heavy (non-hydrogen) atoms. The number of methoxy groups -OCH3 is 1. The summed E-state index contributed by atoms with van der Waals surface area (Å²) in [5, 5.41) is 11.0. The number of fused-ring (bicyclic) bond motifs is 1. The molecule has 4 heterocycles. The second-order valence-electron chi connectivity index (χ2n) is 10.1. The third-order valence-corrected chi connectivity index (χ3v) is 7.07. The van der Waals surface area contributed by atoms with Crippen molar-refractivity contribution >= 4 is 23.5 Å². The van der Waals surface area contributed by atoms with Crippen LogP contribution in [0.15, 0.2) is 49.1 Å². The number of rotatable bonds is 11. The summed E-state index contributed by atoms with van der Waals surface area (Å²) < 4.78 is 57.4. The standard InChI is InChI=1S/C27H29F3N8O5/c1-17(2)26(43-24(39)27(28,29)30)15-36(10-11-42-13-12-41-3)25(40)38(26)21-8-9-37-23(34-21)20(14-33-37)18-4-6-19(7-5-18)22-31-16-32-35-22/h4-9,14,16-17H,10-13,15H2,1-3H3,(H,31,32,35)/t26-/m1/s1. The number of H-pyrrole nitrogens is 1. The van der Waals surface area contributed by atoms with E-state index in [1.165, 1.54) is 35.1 Å². The van der Waals surface area contributed by atoms with Gasteiger partial charge < -0.3 is 19.1 Å². The number of hydrogen-bond acceptors (Lipinski definition) is 9. The molecule has 0 saturated carbocycles. The minimum absolute atomic E-state index is 0.0102. The number of ether oxygens (including phenoxy) is 3. The topological polar surface area (TPSA) is 140 Å². The molecule has 1 saturated heterocycles. The van der Waals surface area contributed by atoms with E-state index in [-0.39, 0.29) is 32.1 Å². The number of amides is 2. The van der Waals surface area contributed by atoms with Gasteiger partial charge in [0.15, 0.2) is 11.5 Å². The number of nitrogens with zero attached hydrogens (tertiary/aromatic N) is 7. The summed E-state index contributed by atoms with van der Waals surface area (Å²) in [5.41, 5.74) is 0.459. The summed E-state index contributed by atoms with van der Waals surface area (Å²) in [7, 11) is 1.51. The van der Waals surface area contributed by atoms with Gasteiger partial charge in [-0.15, -0.1) is 0 Å². The Kier molecular flexibility index (Phi) is 8.32. The molecule has 1 aliphatic rings. The summed E-state index contributed by atoms with van der Waals surface area (Å²) in [4.78, 5) is 37.0. The van der Waals surface area contributed by atoms with E-state index in [9.17, 15) is 22.8 Å². The van der Waals surface area contributed by atoms with Crippen LogP contribution in [-0.4, -0.2) is 98.6 Å². The van der Waals surface area contributed by atoms with Crippen molar-refractivity contribution in [2.24, 2.45) is 5.92 Å². The van der Waals surface area contributed by atoms with Crippen LogP contribution in [0, 0.1) is 5.92 Å². The fourth-order valence-corrected chi connectivity index (χ4v) is 4.80. The van der Waals surface area contributed by atoms with Crippen LogP contribution in [0.4, 0.5) is 23.8 Å². The zero-order valence-electron chi connectivity index (χ0n) is 23.5. The molecule has 1 fully saturated rings. The molecule has 228 valence electrons. The van der Waals surface area contributed by atoms with Gasteiger partial charge in [-0.3, -0.25) is 5.10 Å². The second kappa shape index (κ2) is 12.0. The van der Waals surface area contributed by atoms with E-state index in [0.717, 1.165) is 16.0 Å². The smallest absolute Gasteiger partial charge is 0.429 e. The average Bonchev–Trinajstić information content (AvgIpc) is 3.71. The number of esters is 1. The van der Waals surface area contributed by atoms with Crippen LogP contribution < -0.4 is 4.90 Å². The predicted molar refractivity (Wildman–Crippen MR) is 146 cm³/mol. The van der Waals surface area contributed by atoms with Gasteiger partial charge in [-0.25, -0.2) is 29.0 Å². The van der Waals surface area contributed by atoms with E-state index in [1.807, 2.05) is 24.3 Å². The first kappa shape index (κ1) is 29.9. The molecule has 1 atom stereocenters. The number of hydrogen-bond donors (Lipinski definition) is 1. The Morgan fingerprint density at radius 3 is 2.51 bits per heavy atom. The van der Waals surface area contributed by atoms with Gasteiger partial charge in [0.25, 0.3) is 0 Å². The van der Waals surface area contributed by atoms with Crippen LogP contribution in [-0.2, 0) is 19.0 Å². The quantitative estimate of drug-likeness (QED) is 0.202. The Morgan fingerprint density at radius 1 is 1.12 bits per heavy atom. The molecule has 1 aromatic carbocycles. The maximum Gasteiger partial charge on any atom is 0.491 e. The number of aromatic amines is 1.